The van der Waals surface area contributed by atoms with Gasteiger partial charge in [-0.1, -0.05) is 36.4 Å². The van der Waals surface area contributed by atoms with Gasteiger partial charge in [-0.2, -0.15) is 0 Å². The third kappa shape index (κ3) is 5.75. The monoisotopic (exact) mass is 491 g/mol. The molecule has 2 amide bonds. The fourth-order valence-corrected chi connectivity index (χ4v) is 6.56. The smallest absolute Gasteiger partial charge is 0.222 e. The zero-order valence-electron chi connectivity index (χ0n) is 20.8. The maximum atomic E-state index is 13.2. The number of benzene rings is 2. The first kappa shape index (κ1) is 24.4. The van der Waals surface area contributed by atoms with Crippen LogP contribution >= 0.6 is 11.8 Å². The molecule has 5 nitrogen and oxygen atoms in total. The van der Waals surface area contributed by atoms with E-state index in [1.807, 2.05) is 4.90 Å². The van der Waals surface area contributed by atoms with Gasteiger partial charge in [0.1, 0.15) is 0 Å². The van der Waals surface area contributed by atoms with E-state index >= 15 is 0 Å². The standard InChI is InChI=1S/C29H37N3O2S/c1-35-26-10-6-22(7-11-26)21-29(14-12-27(33)30-29)15-13-28(34)32-18-16-31(17-19-32)25-9-8-23-4-2-3-5-24(23)20-25/h2-7,10-11,25H,8-9,12-21H2,1H3,(H,30,33)/t25-,29+/m0/s1. The van der Waals surface area contributed by atoms with Crippen molar-refractivity contribution in [3.63, 3.8) is 0 Å². The maximum Gasteiger partial charge on any atom is 0.222 e. The number of hydrogen-bond donors (Lipinski definition) is 1. The van der Waals surface area contributed by atoms with Gasteiger partial charge < -0.3 is 10.2 Å². The lowest BCUT2D eigenvalue weighted by atomic mass is 9.85. The van der Waals surface area contributed by atoms with Gasteiger partial charge in [0.2, 0.25) is 11.8 Å². The SMILES string of the molecule is CSc1ccc(C[C@]2(CCC(=O)N3CCN([C@H]4CCc5ccccc5C4)CC3)CCC(=O)N2)cc1. The van der Waals surface area contributed by atoms with Crippen LogP contribution in [0.1, 0.15) is 48.8 Å². The Kier molecular flexibility index (Phi) is 7.49. The second-order valence-corrected chi connectivity index (χ2v) is 11.3. The van der Waals surface area contributed by atoms with Gasteiger partial charge in [-0.05, 0) is 73.6 Å². The molecular formula is C29H37N3O2S. The predicted octanol–water partition coefficient (Wildman–Crippen LogP) is 4.08. The molecule has 0 aromatic heterocycles. The first-order valence-electron chi connectivity index (χ1n) is 13.1. The van der Waals surface area contributed by atoms with Gasteiger partial charge in [0, 0.05) is 55.5 Å². The number of hydrogen-bond acceptors (Lipinski definition) is 4. The van der Waals surface area contributed by atoms with Crippen LogP contribution in [0.2, 0.25) is 0 Å². The summed E-state index contributed by atoms with van der Waals surface area (Å²) in [6.07, 6.45) is 8.94. The zero-order valence-corrected chi connectivity index (χ0v) is 21.6. The number of carbonyl (C=O) groups excluding carboxylic acids is 2. The molecule has 5 rings (SSSR count). The minimum atomic E-state index is -0.301. The van der Waals surface area contributed by atoms with Gasteiger partial charge in [0.15, 0.2) is 0 Å². The van der Waals surface area contributed by atoms with Crippen molar-refractivity contribution in [2.24, 2.45) is 0 Å². The van der Waals surface area contributed by atoms with E-state index in [1.54, 1.807) is 11.8 Å². The summed E-state index contributed by atoms with van der Waals surface area (Å²) in [5, 5.41) is 3.24. The first-order valence-corrected chi connectivity index (χ1v) is 14.3. The lowest BCUT2D eigenvalue weighted by molar-refractivity contribution is -0.134. The number of thioether (sulfide) groups is 1. The highest BCUT2D eigenvalue weighted by Gasteiger charge is 2.38. The molecule has 0 saturated carbocycles. The van der Waals surface area contributed by atoms with Crippen molar-refractivity contribution in [1.29, 1.82) is 0 Å². The van der Waals surface area contributed by atoms with Crippen molar-refractivity contribution in [3.05, 3.63) is 65.2 Å². The highest BCUT2D eigenvalue weighted by molar-refractivity contribution is 7.98. The molecule has 1 N–H and O–H groups in total. The summed E-state index contributed by atoms with van der Waals surface area (Å²) in [6.45, 7) is 3.55. The highest BCUT2D eigenvalue weighted by atomic mass is 32.2. The quantitative estimate of drug-likeness (QED) is 0.593. The van der Waals surface area contributed by atoms with E-state index in [4.69, 9.17) is 0 Å². The molecule has 0 bridgehead atoms. The Labute approximate surface area is 213 Å². The number of aryl methyl sites for hydroxylation is 1. The van der Waals surface area contributed by atoms with Gasteiger partial charge in [0.05, 0.1) is 0 Å². The normalized spacial score (nSPS) is 24.8. The van der Waals surface area contributed by atoms with Crippen LogP contribution in [-0.4, -0.2) is 65.6 Å². The molecular weight excluding hydrogens is 454 g/mol. The van der Waals surface area contributed by atoms with E-state index in [1.165, 1.54) is 28.0 Å². The van der Waals surface area contributed by atoms with Gasteiger partial charge in [-0.15, -0.1) is 11.8 Å². The predicted molar refractivity (Wildman–Crippen MR) is 142 cm³/mol. The van der Waals surface area contributed by atoms with Crippen molar-refractivity contribution < 1.29 is 9.59 Å². The Balaban J connectivity index is 1.13. The van der Waals surface area contributed by atoms with E-state index < -0.39 is 0 Å². The van der Waals surface area contributed by atoms with E-state index in [2.05, 4.69) is 65.0 Å². The number of amides is 2. The second kappa shape index (κ2) is 10.8. The van der Waals surface area contributed by atoms with Gasteiger partial charge in [-0.3, -0.25) is 14.5 Å². The van der Waals surface area contributed by atoms with Crippen LogP contribution in [0, 0.1) is 0 Å². The molecule has 2 saturated heterocycles. The second-order valence-electron chi connectivity index (χ2n) is 10.4. The van der Waals surface area contributed by atoms with Crippen molar-refractivity contribution in [3.8, 4) is 0 Å². The third-order valence-corrected chi connectivity index (χ3v) is 9.00. The summed E-state index contributed by atoms with van der Waals surface area (Å²) >= 11 is 1.73. The average molecular weight is 492 g/mol. The summed E-state index contributed by atoms with van der Waals surface area (Å²) in [5.41, 5.74) is 3.92. The molecule has 35 heavy (non-hydrogen) atoms. The summed E-state index contributed by atoms with van der Waals surface area (Å²) in [5.74, 6) is 0.345. The third-order valence-electron chi connectivity index (χ3n) is 8.26. The lowest BCUT2D eigenvalue weighted by Crippen LogP contribution is -2.53. The molecule has 2 aliphatic heterocycles. The van der Waals surface area contributed by atoms with Gasteiger partial charge in [0.25, 0.3) is 0 Å². The molecule has 0 unspecified atom stereocenters. The number of fused-ring (bicyclic) bond motifs is 1. The van der Waals surface area contributed by atoms with Crippen LogP contribution in [0.4, 0.5) is 0 Å². The fraction of sp³-hybridized carbons (Fsp3) is 0.517. The highest BCUT2D eigenvalue weighted by Crippen LogP contribution is 2.31. The van der Waals surface area contributed by atoms with Crippen LogP contribution in [0.15, 0.2) is 53.4 Å². The van der Waals surface area contributed by atoms with E-state index in [0.29, 0.717) is 25.3 Å². The number of rotatable bonds is 7. The number of nitrogens with one attached hydrogen (secondary N) is 1. The summed E-state index contributed by atoms with van der Waals surface area (Å²) in [4.78, 5) is 31.2. The molecule has 6 heteroatoms. The Hall–Kier alpha value is -2.31. The average Bonchev–Trinajstić information content (AvgIpc) is 3.27. The van der Waals surface area contributed by atoms with E-state index in [9.17, 15) is 9.59 Å². The molecule has 186 valence electrons. The summed E-state index contributed by atoms with van der Waals surface area (Å²) in [6, 6.07) is 18.0. The summed E-state index contributed by atoms with van der Waals surface area (Å²) < 4.78 is 0. The number of nitrogens with zero attached hydrogens (tertiary/aromatic N) is 2. The van der Waals surface area contributed by atoms with Crippen LogP contribution in [0.3, 0.4) is 0 Å². The molecule has 2 fully saturated rings. The minimum Gasteiger partial charge on any atom is -0.350 e. The molecule has 3 aliphatic rings. The Morgan fingerprint density at radius 3 is 2.46 bits per heavy atom. The largest absolute Gasteiger partial charge is 0.350 e. The van der Waals surface area contributed by atoms with Crippen molar-refractivity contribution in [1.82, 2.24) is 15.1 Å². The lowest BCUT2D eigenvalue weighted by Gasteiger charge is -2.41. The zero-order chi connectivity index (χ0) is 24.3. The van der Waals surface area contributed by atoms with Crippen LogP contribution < -0.4 is 5.32 Å². The Morgan fingerprint density at radius 1 is 1.03 bits per heavy atom. The Morgan fingerprint density at radius 2 is 1.77 bits per heavy atom. The number of carbonyl (C=O) groups is 2. The molecule has 2 aromatic rings. The van der Waals surface area contributed by atoms with Crippen LogP contribution in [0.25, 0.3) is 0 Å². The van der Waals surface area contributed by atoms with Crippen molar-refractivity contribution >= 4 is 23.6 Å². The molecule has 0 spiro atoms. The fourth-order valence-electron chi connectivity index (χ4n) is 6.15. The molecule has 0 radical (unpaired) electrons. The molecule has 2 atom stereocenters. The van der Waals surface area contributed by atoms with Gasteiger partial charge >= 0.3 is 0 Å². The first-order chi connectivity index (χ1) is 17.0. The minimum absolute atomic E-state index is 0.112. The Bertz CT molecular complexity index is 1050. The van der Waals surface area contributed by atoms with Crippen molar-refractivity contribution in [2.45, 2.75) is 67.8 Å². The van der Waals surface area contributed by atoms with Gasteiger partial charge in [-0.25, -0.2) is 0 Å². The number of piperazine rings is 1. The molecule has 2 heterocycles. The van der Waals surface area contributed by atoms with Crippen LogP contribution in [-0.2, 0) is 28.9 Å². The van der Waals surface area contributed by atoms with Crippen LogP contribution in [0.5, 0.6) is 0 Å². The molecule has 1 aliphatic carbocycles. The van der Waals surface area contributed by atoms with E-state index in [0.717, 1.165) is 51.9 Å². The summed E-state index contributed by atoms with van der Waals surface area (Å²) in [7, 11) is 0. The maximum absolute atomic E-state index is 13.2. The van der Waals surface area contributed by atoms with E-state index in [-0.39, 0.29) is 17.4 Å². The topological polar surface area (TPSA) is 52.7 Å². The van der Waals surface area contributed by atoms with Crippen molar-refractivity contribution in [2.75, 3.05) is 32.4 Å². The molecule has 2 aromatic carbocycles.